The van der Waals surface area contributed by atoms with E-state index in [0.29, 0.717) is 0 Å². The van der Waals surface area contributed by atoms with Gasteiger partial charge in [-0.15, -0.1) is 0 Å². The molecule has 6 nitrogen and oxygen atoms in total. The van der Waals surface area contributed by atoms with Crippen LogP contribution in [-0.2, 0) is 14.0 Å². The molecular weight excluding hydrogens is 223 g/mol. The molecule has 0 rings (SSSR count). The molecule has 0 atom stereocenters. The topological polar surface area (TPSA) is 89.9 Å². The summed E-state index contributed by atoms with van der Waals surface area (Å²) in [7, 11) is -4.75. The molecule has 0 aliphatic carbocycles. The second kappa shape index (κ2) is 6.16. The molecule has 0 unspecified atom stereocenters. The second-order valence-corrected chi connectivity index (χ2v) is 4.19. The maximum Gasteiger partial charge on any atom is 0.411 e. The molecule has 0 aromatic heterocycles. The van der Waals surface area contributed by atoms with Crippen molar-refractivity contribution in [3.05, 3.63) is 25.3 Å². The van der Waals surface area contributed by atoms with Crippen LogP contribution < -0.4 is 0 Å². The summed E-state index contributed by atoms with van der Waals surface area (Å²) in [5.41, 5.74) is -3.03. The quantitative estimate of drug-likeness (QED) is 0.557. The predicted molar refractivity (Wildman–Crippen MR) is 52.9 cm³/mol. The van der Waals surface area contributed by atoms with E-state index in [9.17, 15) is 14.2 Å². The standard InChI is InChI=1S/C8H11O6P/c1-3-5-13-7(9)15(11,12)8(10)14-6-4-2/h3-4H,1-2,5-6H2,(H,11,12). The van der Waals surface area contributed by atoms with Gasteiger partial charge in [0.1, 0.15) is 13.2 Å². The van der Waals surface area contributed by atoms with Crippen LogP contribution in [0.4, 0.5) is 9.59 Å². The summed E-state index contributed by atoms with van der Waals surface area (Å²) in [6.45, 7) is 5.96. The van der Waals surface area contributed by atoms with Gasteiger partial charge in [0.05, 0.1) is 0 Å². The van der Waals surface area contributed by atoms with Gasteiger partial charge in [-0.05, 0) is 0 Å². The SMILES string of the molecule is C=CCOC(=O)P(=O)(O)C(=O)OCC=C. The number of ether oxygens (including phenoxy) is 2. The van der Waals surface area contributed by atoms with E-state index >= 15 is 0 Å². The minimum atomic E-state index is -4.75. The highest BCUT2D eigenvalue weighted by Crippen LogP contribution is 2.44. The molecule has 0 saturated carbocycles. The largest absolute Gasteiger partial charge is 0.454 e. The van der Waals surface area contributed by atoms with Crippen LogP contribution in [0.5, 0.6) is 0 Å². The average molecular weight is 234 g/mol. The molecule has 1 N–H and O–H groups in total. The van der Waals surface area contributed by atoms with Gasteiger partial charge >= 0.3 is 18.8 Å². The van der Waals surface area contributed by atoms with Crippen molar-refractivity contribution in [2.24, 2.45) is 0 Å². The van der Waals surface area contributed by atoms with E-state index in [0.717, 1.165) is 0 Å². The molecule has 0 radical (unpaired) electrons. The first kappa shape index (κ1) is 13.6. The molecule has 84 valence electrons. The van der Waals surface area contributed by atoms with Crippen LogP contribution in [0.2, 0.25) is 0 Å². The van der Waals surface area contributed by atoms with Gasteiger partial charge in [0, 0.05) is 0 Å². The lowest BCUT2D eigenvalue weighted by Gasteiger charge is -2.08. The van der Waals surface area contributed by atoms with Gasteiger partial charge in [-0.3, -0.25) is 4.57 Å². The van der Waals surface area contributed by atoms with E-state index < -0.39 is 18.8 Å². The fourth-order valence-corrected chi connectivity index (χ4v) is 1.16. The first-order valence-corrected chi connectivity index (χ1v) is 5.52. The molecule has 7 heteroatoms. The van der Waals surface area contributed by atoms with Crippen molar-refractivity contribution in [2.45, 2.75) is 0 Å². The first-order valence-electron chi connectivity index (χ1n) is 3.86. The summed E-state index contributed by atoms with van der Waals surface area (Å²) in [5, 5.41) is 0. The Labute approximate surface area is 86.6 Å². The Morgan fingerprint density at radius 2 is 1.47 bits per heavy atom. The molecular formula is C8H11O6P. The Hall–Kier alpha value is -1.39. The monoisotopic (exact) mass is 234 g/mol. The lowest BCUT2D eigenvalue weighted by Crippen LogP contribution is -2.12. The van der Waals surface area contributed by atoms with Gasteiger partial charge in [0.2, 0.25) is 0 Å². The van der Waals surface area contributed by atoms with Crippen molar-refractivity contribution >= 4 is 18.8 Å². The summed E-state index contributed by atoms with van der Waals surface area (Å²) in [5.74, 6) is 0. The maximum atomic E-state index is 11.2. The fraction of sp³-hybridized carbons (Fsp3) is 0.250. The van der Waals surface area contributed by atoms with Crippen LogP contribution in [0, 0.1) is 0 Å². The van der Waals surface area contributed by atoms with Crippen LogP contribution >= 0.6 is 7.37 Å². The third-order valence-electron chi connectivity index (χ3n) is 1.14. The highest BCUT2D eigenvalue weighted by molar-refractivity contribution is 7.88. The summed E-state index contributed by atoms with van der Waals surface area (Å²) in [4.78, 5) is 30.9. The second-order valence-electron chi connectivity index (χ2n) is 2.31. The Balaban J connectivity index is 4.44. The van der Waals surface area contributed by atoms with Crippen LogP contribution in [0.15, 0.2) is 25.3 Å². The predicted octanol–water partition coefficient (Wildman–Crippen LogP) is 1.90. The van der Waals surface area contributed by atoms with Gasteiger partial charge < -0.3 is 14.4 Å². The molecule has 0 saturated heterocycles. The molecule has 15 heavy (non-hydrogen) atoms. The highest BCUT2D eigenvalue weighted by Gasteiger charge is 2.41. The Morgan fingerprint density at radius 1 is 1.13 bits per heavy atom. The van der Waals surface area contributed by atoms with Crippen molar-refractivity contribution in [2.75, 3.05) is 13.2 Å². The molecule has 0 fully saturated rings. The van der Waals surface area contributed by atoms with Gasteiger partial charge in [-0.2, -0.15) is 0 Å². The fourth-order valence-electron chi connectivity index (χ4n) is 0.510. The highest BCUT2D eigenvalue weighted by atomic mass is 31.2. The van der Waals surface area contributed by atoms with E-state index in [1.54, 1.807) is 0 Å². The van der Waals surface area contributed by atoms with Gasteiger partial charge in [0.25, 0.3) is 0 Å². The number of carbonyl (C=O) groups excluding carboxylic acids is 2. The van der Waals surface area contributed by atoms with E-state index in [4.69, 9.17) is 4.89 Å². The maximum absolute atomic E-state index is 11.2. The molecule has 0 aliphatic rings. The zero-order valence-corrected chi connectivity index (χ0v) is 8.81. The van der Waals surface area contributed by atoms with Crippen LogP contribution in [0.3, 0.4) is 0 Å². The normalized spacial score (nSPS) is 10.2. The summed E-state index contributed by atoms with van der Waals surface area (Å²) in [6.07, 6.45) is 2.40. The molecule has 0 bridgehead atoms. The summed E-state index contributed by atoms with van der Waals surface area (Å²) >= 11 is 0. The smallest absolute Gasteiger partial charge is 0.411 e. The number of hydrogen-bond donors (Lipinski definition) is 1. The van der Waals surface area contributed by atoms with Crippen LogP contribution in [-0.4, -0.2) is 29.5 Å². The van der Waals surface area contributed by atoms with E-state index in [2.05, 4.69) is 22.6 Å². The number of hydrogen-bond acceptors (Lipinski definition) is 5. The van der Waals surface area contributed by atoms with Crippen molar-refractivity contribution in [1.29, 1.82) is 0 Å². The molecule has 0 heterocycles. The van der Waals surface area contributed by atoms with Gasteiger partial charge in [-0.25, -0.2) is 9.59 Å². The van der Waals surface area contributed by atoms with Crippen molar-refractivity contribution in [3.63, 3.8) is 0 Å². The molecule has 0 aromatic carbocycles. The zero-order chi connectivity index (χ0) is 11.9. The van der Waals surface area contributed by atoms with Crippen LogP contribution in [0.25, 0.3) is 0 Å². The molecule has 0 aromatic rings. The lowest BCUT2D eigenvalue weighted by molar-refractivity contribution is 0.170. The van der Waals surface area contributed by atoms with Gasteiger partial charge in [-0.1, -0.05) is 25.3 Å². The van der Waals surface area contributed by atoms with E-state index in [-0.39, 0.29) is 13.2 Å². The molecule has 0 amide bonds. The van der Waals surface area contributed by atoms with Crippen LogP contribution in [0.1, 0.15) is 0 Å². The summed E-state index contributed by atoms with van der Waals surface area (Å²) < 4.78 is 19.7. The van der Waals surface area contributed by atoms with E-state index in [1.165, 1.54) is 12.2 Å². The third kappa shape index (κ3) is 4.10. The number of carbonyl (C=O) groups is 2. The zero-order valence-electron chi connectivity index (χ0n) is 7.92. The Morgan fingerprint density at radius 3 is 1.73 bits per heavy atom. The third-order valence-corrected chi connectivity index (χ3v) is 2.39. The molecule has 0 aliphatic heterocycles. The minimum Gasteiger partial charge on any atom is -0.454 e. The lowest BCUT2D eigenvalue weighted by atomic mass is 10.7. The van der Waals surface area contributed by atoms with E-state index in [1.807, 2.05) is 0 Å². The van der Waals surface area contributed by atoms with Gasteiger partial charge in [0.15, 0.2) is 0 Å². The van der Waals surface area contributed by atoms with Crippen molar-refractivity contribution in [3.8, 4) is 0 Å². The first-order chi connectivity index (χ1) is 6.96. The average Bonchev–Trinajstić information content (AvgIpc) is 2.21. The number of rotatable bonds is 6. The Kier molecular flexibility index (Phi) is 5.59. The molecule has 0 spiro atoms. The Bertz CT molecular complexity index is 293. The minimum absolute atomic E-state index is 0.252. The van der Waals surface area contributed by atoms with Crippen molar-refractivity contribution in [1.82, 2.24) is 0 Å². The summed E-state index contributed by atoms with van der Waals surface area (Å²) in [6, 6.07) is 0. The van der Waals surface area contributed by atoms with Crippen molar-refractivity contribution < 1.29 is 28.5 Å².